The molecule has 0 aliphatic carbocycles. The lowest BCUT2D eigenvalue weighted by atomic mass is 10.2. The van der Waals surface area contributed by atoms with Crippen LogP contribution in [0, 0.1) is 10.1 Å². The third kappa shape index (κ3) is 4.26. The lowest BCUT2D eigenvalue weighted by molar-refractivity contribution is -0.400. The van der Waals surface area contributed by atoms with Crippen LogP contribution in [-0.4, -0.2) is 19.1 Å². The molecule has 5 nitrogen and oxygen atoms in total. The number of ether oxygens (including phenoxy) is 2. The van der Waals surface area contributed by atoms with Crippen LogP contribution >= 0.6 is 11.8 Å². The summed E-state index contributed by atoms with van der Waals surface area (Å²) in [7, 11) is 3.20. The van der Waals surface area contributed by atoms with Crippen molar-refractivity contribution in [1.82, 2.24) is 0 Å². The van der Waals surface area contributed by atoms with Gasteiger partial charge in [0.05, 0.1) is 19.1 Å². The van der Waals surface area contributed by atoms with Crippen LogP contribution in [0.2, 0.25) is 0 Å². The zero-order chi connectivity index (χ0) is 15.9. The second kappa shape index (κ2) is 7.51. The number of hydrogen-bond donors (Lipinski definition) is 0. The summed E-state index contributed by atoms with van der Waals surface area (Å²) in [5, 5.41) is 10.3. The Hall–Kier alpha value is -2.47. The molecule has 114 valence electrons. The highest BCUT2D eigenvalue weighted by atomic mass is 32.2. The molecule has 6 heteroatoms. The van der Waals surface area contributed by atoms with Gasteiger partial charge in [0.1, 0.15) is 0 Å². The third-order valence-electron chi connectivity index (χ3n) is 2.86. The summed E-state index contributed by atoms with van der Waals surface area (Å²) in [6.45, 7) is 0. The van der Waals surface area contributed by atoms with Gasteiger partial charge in [-0.05, 0) is 35.9 Å². The SMILES string of the molecule is COc1ccc(Sc2ccc(/C=C/[N+](=O)[O-])cc2)cc1OC. The number of rotatable bonds is 6. The first-order chi connectivity index (χ1) is 10.6. The largest absolute Gasteiger partial charge is 0.493 e. The molecule has 0 bridgehead atoms. The number of hydrogen-bond acceptors (Lipinski definition) is 5. The maximum Gasteiger partial charge on any atom is 0.235 e. The van der Waals surface area contributed by atoms with E-state index in [2.05, 4.69) is 0 Å². The van der Waals surface area contributed by atoms with Gasteiger partial charge in [-0.1, -0.05) is 23.9 Å². The second-order valence-corrected chi connectivity index (χ2v) is 5.44. The van der Waals surface area contributed by atoms with Crippen LogP contribution in [0.3, 0.4) is 0 Å². The number of nitro groups is 1. The van der Waals surface area contributed by atoms with E-state index in [1.165, 1.54) is 6.08 Å². The first-order valence-electron chi connectivity index (χ1n) is 6.44. The van der Waals surface area contributed by atoms with Crippen LogP contribution in [0.25, 0.3) is 6.08 Å². The van der Waals surface area contributed by atoms with Crippen molar-refractivity contribution in [1.29, 1.82) is 0 Å². The Bertz CT molecular complexity index is 683. The Morgan fingerprint density at radius 2 is 1.64 bits per heavy atom. The smallest absolute Gasteiger partial charge is 0.235 e. The lowest BCUT2D eigenvalue weighted by Gasteiger charge is -2.09. The fourth-order valence-electron chi connectivity index (χ4n) is 1.81. The van der Waals surface area contributed by atoms with Crippen molar-refractivity contribution in [2.45, 2.75) is 9.79 Å². The summed E-state index contributed by atoms with van der Waals surface area (Å²) in [6.07, 6.45) is 2.39. The molecule has 0 aromatic heterocycles. The zero-order valence-electron chi connectivity index (χ0n) is 12.2. The number of benzene rings is 2. The molecule has 0 heterocycles. The number of methoxy groups -OCH3 is 2. The fraction of sp³-hybridized carbons (Fsp3) is 0.125. The van der Waals surface area contributed by atoms with E-state index >= 15 is 0 Å². The molecule has 2 aromatic rings. The van der Waals surface area contributed by atoms with Crippen molar-refractivity contribution in [2.75, 3.05) is 14.2 Å². The summed E-state index contributed by atoms with van der Waals surface area (Å²) in [5.74, 6) is 1.37. The topological polar surface area (TPSA) is 61.6 Å². The summed E-state index contributed by atoms with van der Waals surface area (Å²) in [6, 6.07) is 13.2. The molecule has 0 fully saturated rings. The van der Waals surface area contributed by atoms with Crippen molar-refractivity contribution >= 4 is 17.8 Å². The van der Waals surface area contributed by atoms with Gasteiger partial charge in [-0.15, -0.1) is 0 Å². The van der Waals surface area contributed by atoms with E-state index in [0.717, 1.165) is 21.6 Å². The quantitative estimate of drug-likeness (QED) is 0.593. The Balaban J connectivity index is 2.12. The molecular weight excluding hydrogens is 302 g/mol. The molecule has 0 atom stereocenters. The highest BCUT2D eigenvalue weighted by Crippen LogP contribution is 2.35. The monoisotopic (exact) mass is 317 g/mol. The average molecular weight is 317 g/mol. The van der Waals surface area contributed by atoms with Crippen LogP contribution < -0.4 is 9.47 Å². The summed E-state index contributed by atoms with van der Waals surface area (Å²) >= 11 is 1.58. The maximum atomic E-state index is 10.3. The Morgan fingerprint density at radius 1 is 1.00 bits per heavy atom. The lowest BCUT2D eigenvalue weighted by Crippen LogP contribution is -1.90. The molecule has 2 rings (SSSR count). The Morgan fingerprint density at radius 3 is 2.23 bits per heavy atom. The van der Waals surface area contributed by atoms with Crippen molar-refractivity contribution in [2.24, 2.45) is 0 Å². The normalized spacial score (nSPS) is 10.6. The molecule has 0 radical (unpaired) electrons. The maximum absolute atomic E-state index is 10.3. The van der Waals surface area contributed by atoms with Crippen LogP contribution in [0.15, 0.2) is 58.5 Å². The molecule has 0 aliphatic rings. The van der Waals surface area contributed by atoms with Gasteiger partial charge < -0.3 is 9.47 Å². The summed E-state index contributed by atoms with van der Waals surface area (Å²) < 4.78 is 10.5. The standard InChI is InChI=1S/C16H15NO4S/c1-20-15-8-7-14(11-16(15)21-2)22-13-5-3-12(4-6-13)9-10-17(18)19/h3-11H,1-2H3/b10-9+. The van der Waals surface area contributed by atoms with Crippen LogP contribution in [-0.2, 0) is 0 Å². The van der Waals surface area contributed by atoms with Crippen LogP contribution in [0.1, 0.15) is 5.56 Å². The van der Waals surface area contributed by atoms with Crippen LogP contribution in [0.5, 0.6) is 11.5 Å². The molecule has 0 saturated heterocycles. The first-order valence-corrected chi connectivity index (χ1v) is 7.25. The van der Waals surface area contributed by atoms with Crippen molar-refractivity contribution in [3.63, 3.8) is 0 Å². The molecule has 0 unspecified atom stereocenters. The van der Waals surface area contributed by atoms with Gasteiger partial charge in [0.15, 0.2) is 11.5 Å². The fourth-order valence-corrected chi connectivity index (χ4v) is 2.66. The molecule has 0 saturated carbocycles. The van der Waals surface area contributed by atoms with Gasteiger partial charge in [0.2, 0.25) is 6.20 Å². The van der Waals surface area contributed by atoms with E-state index in [1.807, 2.05) is 42.5 Å². The highest BCUT2D eigenvalue weighted by Gasteiger charge is 2.05. The van der Waals surface area contributed by atoms with Crippen molar-refractivity contribution in [3.8, 4) is 11.5 Å². The summed E-state index contributed by atoms with van der Waals surface area (Å²) in [5.41, 5.74) is 0.786. The Kier molecular flexibility index (Phi) is 5.43. The molecule has 2 aromatic carbocycles. The van der Waals surface area contributed by atoms with Crippen LogP contribution in [0.4, 0.5) is 0 Å². The third-order valence-corrected chi connectivity index (χ3v) is 3.86. The number of nitrogens with zero attached hydrogens (tertiary/aromatic N) is 1. The average Bonchev–Trinajstić information content (AvgIpc) is 2.54. The van der Waals surface area contributed by atoms with Gasteiger partial charge in [-0.3, -0.25) is 10.1 Å². The van der Waals surface area contributed by atoms with Gasteiger partial charge in [-0.2, -0.15) is 0 Å². The van der Waals surface area contributed by atoms with Gasteiger partial charge in [0.25, 0.3) is 0 Å². The van der Waals surface area contributed by atoms with E-state index in [1.54, 1.807) is 26.0 Å². The van der Waals surface area contributed by atoms with E-state index < -0.39 is 4.92 Å². The predicted molar refractivity (Wildman–Crippen MR) is 86.1 cm³/mol. The van der Waals surface area contributed by atoms with Gasteiger partial charge in [0, 0.05) is 15.9 Å². The van der Waals surface area contributed by atoms with E-state index in [4.69, 9.17) is 9.47 Å². The molecule has 0 N–H and O–H groups in total. The molecule has 0 amide bonds. The second-order valence-electron chi connectivity index (χ2n) is 4.29. The van der Waals surface area contributed by atoms with Gasteiger partial charge in [-0.25, -0.2) is 0 Å². The predicted octanol–water partition coefficient (Wildman–Crippen LogP) is 4.10. The van der Waals surface area contributed by atoms with Crippen molar-refractivity contribution in [3.05, 3.63) is 64.3 Å². The molecule has 0 aliphatic heterocycles. The van der Waals surface area contributed by atoms with E-state index in [9.17, 15) is 10.1 Å². The zero-order valence-corrected chi connectivity index (χ0v) is 13.0. The van der Waals surface area contributed by atoms with E-state index in [0.29, 0.717) is 11.5 Å². The highest BCUT2D eigenvalue weighted by molar-refractivity contribution is 7.99. The molecular formula is C16H15NO4S. The molecule has 0 spiro atoms. The summed E-state index contributed by atoms with van der Waals surface area (Å²) in [4.78, 5) is 11.9. The first kappa shape index (κ1) is 15.9. The minimum atomic E-state index is -0.480. The minimum Gasteiger partial charge on any atom is -0.493 e. The van der Waals surface area contributed by atoms with Crippen molar-refractivity contribution < 1.29 is 14.4 Å². The molecule has 22 heavy (non-hydrogen) atoms. The minimum absolute atomic E-state index is 0.480. The van der Waals surface area contributed by atoms with Gasteiger partial charge >= 0.3 is 0 Å². The Labute approximate surface area is 132 Å². The van der Waals surface area contributed by atoms with E-state index in [-0.39, 0.29) is 0 Å².